The summed E-state index contributed by atoms with van der Waals surface area (Å²) in [5, 5.41) is 20.4. The van der Waals surface area contributed by atoms with Crippen molar-refractivity contribution < 1.29 is 23.1 Å². The van der Waals surface area contributed by atoms with E-state index in [-0.39, 0.29) is 34.8 Å². The second-order valence-corrected chi connectivity index (χ2v) is 14.5. The molecule has 1 fully saturated rings. The zero-order chi connectivity index (χ0) is 39.5. The van der Waals surface area contributed by atoms with Gasteiger partial charge in [0.25, 0.3) is 18.2 Å². The number of nitriles is 2. The van der Waals surface area contributed by atoms with Crippen LogP contribution in [0.1, 0.15) is 66.2 Å². The number of fused-ring (bicyclic) bond motifs is 1. The van der Waals surface area contributed by atoms with Gasteiger partial charge >= 0.3 is 0 Å². The Morgan fingerprint density at radius 2 is 1.59 bits per heavy atom. The molecule has 0 N–H and O–H groups in total. The lowest BCUT2D eigenvalue weighted by Crippen LogP contribution is -2.52. The predicted octanol–water partition coefficient (Wildman–Crippen LogP) is 8.08. The van der Waals surface area contributed by atoms with Gasteiger partial charge in [0.2, 0.25) is 0 Å². The number of rotatable bonds is 9. The highest BCUT2D eigenvalue weighted by atomic mass is 35.5. The largest absolute Gasteiger partial charge is 0.379 e. The maximum Gasteiger partial charge on any atom is 0.265 e. The van der Waals surface area contributed by atoms with Gasteiger partial charge in [0.15, 0.2) is 0 Å². The molecule has 0 bridgehead atoms. The average molecular weight is 773 g/mol. The van der Waals surface area contributed by atoms with Gasteiger partial charge in [0.05, 0.1) is 54.2 Å². The Bertz CT molecular complexity index is 2380. The summed E-state index contributed by atoms with van der Waals surface area (Å²) in [6.45, 7) is 5.34. The van der Waals surface area contributed by atoms with Crippen LogP contribution in [0.3, 0.4) is 0 Å². The van der Waals surface area contributed by atoms with E-state index in [1.807, 2.05) is 24.3 Å². The van der Waals surface area contributed by atoms with Gasteiger partial charge in [-0.3, -0.25) is 14.5 Å². The molecule has 2 amide bonds. The van der Waals surface area contributed by atoms with E-state index in [2.05, 4.69) is 17.0 Å². The van der Waals surface area contributed by atoms with Gasteiger partial charge in [-0.05, 0) is 78.6 Å². The molecule has 0 saturated carbocycles. The average Bonchev–Trinajstić information content (AvgIpc) is 3.52. The first-order chi connectivity index (χ1) is 27.1. The zero-order valence-electron chi connectivity index (χ0n) is 31.0. The number of morpholine rings is 1. The normalized spacial score (nSPS) is 15.6. The van der Waals surface area contributed by atoms with Crippen LogP contribution in [-0.2, 0) is 31.3 Å². The Morgan fingerprint density at radius 1 is 0.911 bits per heavy atom. The number of carbonyl (C=O) groups excluding carboxylic acids is 2. The second kappa shape index (κ2) is 16.5. The lowest BCUT2D eigenvalue weighted by Gasteiger charge is -2.40. The van der Waals surface area contributed by atoms with Crippen LogP contribution in [0.15, 0.2) is 91.0 Å². The second-order valence-electron chi connectivity index (χ2n) is 14.1. The van der Waals surface area contributed by atoms with E-state index in [0.717, 1.165) is 24.2 Å². The minimum atomic E-state index is -2.99. The van der Waals surface area contributed by atoms with Crippen molar-refractivity contribution >= 4 is 29.1 Å². The third kappa shape index (κ3) is 7.67. The number of halogens is 3. The summed E-state index contributed by atoms with van der Waals surface area (Å²) in [5.41, 5.74) is 4.34. The van der Waals surface area contributed by atoms with E-state index in [4.69, 9.17) is 16.3 Å². The summed E-state index contributed by atoms with van der Waals surface area (Å²) in [7, 11) is 1.71. The van der Waals surface area contributed by atoms with Crippen LogP contribution in [0.25, 0.3) is 11.3 Å². The van der Waals surface area contributed by atoms with Crippen molar-refractivity contribution in [1.82, 2.24) is 14.4 Å². The molecule has 2 aliphatic heterocycles. The fourth-order valence-corrected chi connectivity index (χ4v) is 7.79. The summed E-state index contributed by atoms with van der Waals surface area (Å²) in [5.74, 6) is -0.805. The molecule has 284 valence electrons. The fourth-order valence-electron chi connectivity index (χ4n) is 7.67. The molecule has 1 atom stereocenters. The number of aromatic nitrogens is 1. The van der Waals surface area contributed by atoms with Gasteiger partial charge in [0.1, 0.15) is 0 Å². The Kier molecular flexibility index (Phi) is 11.3. The molecule has 2 aliphatic rings. The van der Waals surface area contributed by atoms with E-state index in [1.54, 1.807) is 78.0 Å². The summed E-state index contributed by atoms with van der Waals surface area (Å²) in [6, 6.07) is 29.7. The van der Waals surface area contributed by atoms with Crippen LogP contribution in [0, 0.1) is 29.6 Å². The molecule has 4 aromatic carbocycles. The first kappa shape index (κ1) is 38.4. The van der Waals surface area contributed by atoms with Crippen LogP contribution < -0.4 is 4.90 Å². The van der Waals surface area contributed by atoms with E-state index in [1.165, 1.54) is 17.0 Å². The van der Waals surface area contributed by atoms with Crippen molar-refractivity contribution in [3.63, 3.8) is 0 Å². The van der Waals surface area contributed by atoms with Crippen molar-refractivity contribution in [2.45, 2.75) is 38.9 Å². The van der Waals surface area contributed by atoms with Crippen LogP contribution in [0.4, 0.5) is 14.5 Å². The van der Waals surface area contributed by atoms with E-state index < -0.39 is 23.8 Å². The van der Waals surface area contributed by atoms with Gasteiger partial charge in [-0.1, -0.05) is 54.1 Å². The standard InChI is InChI=1S/C44H39ClF2N6O3/c1-28-37(43(54)52(35-13-11-34(45)12-14-35)26-32-10-6-4-8-30(32)23-48)22-41(50(28)2)39-21-38(42(46)47)33(24-49)20-40(39)44(55)53-25-31-9-5-3-7-29(31)19-36(53)27-51-15-17-56-18-16-51/h3-14,20-22,36,42H,15-19,25-27H2,1-2H3/t36-/m0/s1. The van der Waals surface area contributed by atoms with Gasteiger partial charge in [-0.25, -0.2) is 8.78 Å². The molecule has 3 heterocycles. The van der Waals surface area contributed by atoms with E-state index in [0.29, 0.717) is 65.9 Å². The van der Waals surface area contributed by atoms with Crippen molar-refractivity contribution in [3.8, 4) is 23.4 Å². The minimum absolute atomic E-state index is 0.0605. The molecular weight excluding hydrogens is 734 g/mol. The molecule has 1 aromatic heterocycles. The Hall–Kier alpha value is -5.85. The van der Waals surface area contributed by atoms with Gasteiger partial charge in [-0.2, -0.15) is 10.5 Å². The van der Waals surface area contributed by atoms with Crippen molar-refractivity contribution in [1.29, 1.82) is 10.5 Å². The maximum absolute atomic E-state index is 15.0. The predicted molar refractivity (Wildman–Crippen MR) is 209 cm³/mol. The highest BCUT2D eigenvalue weighted by molar-refractivity contribution is 6.30. The molecule has 0 aliphatic carbocycles. The summed E-state index contributed by atoms with van der Waals surface area (Å²) in [6.07, 6.45) is -2.39. The number of carbonyl (C=O) groups is 2. The van der Waals surface area contributed by atoms with Crippen molar-refractivity contribution in [2.24, 2.45) is 7.05 Å². The number of benzene rings is 4. The number of nitrogens with zero attached hydrogens (tertiary/aromatic N) is 6. The lowest BCUT2D eigenvalue weighted by molar-refractivity contribution is 0.0193. The monoisotopic (exact) mass is 772 g/mol. The SMILES string of the molecule is Cc1c(C(=O)N(Cc2ccccc2C#N)c2ccc(Cl)cc2)cc(-c2cc(C(F)F)c(C#N)cc2C(=O)N2Cc3ccccc3C[C@H]2CN2CCOCC2)n1C. The van der Waals surface area contributed by atoms with Crippen LogP contribution in [0.2, 0.25) is 5.02 Å². The molecule has 0 unspecified atom stereocenters. The number of amides is 2. The third-order valence-electron chi connectivity index (χ3n) is 10.9. The minimum Gasteiger partial charge on any atom is -0.379 e. The van der Waals surface area contributed by atoms with Gasteiger partial charge in [-0.15, -0.1) is 0 Å². The highest BCUT2D eigenvalue weighted by Gasteiger charge is 2.35. The van der Waals surface area contributed by atoms with Crippen LogP contribution >= 0.6 is 11.6 Å². The van der Waals surface area contributed by atoms with Gasteiger partial charge in [0, 0.05) is 72.5 Å². The van der Waals surface area contributed by atoms with E-state index >= 15 is 0 Å². The van der Waals surface area contributed by atoms with Crippen LogP contribution in [0.5, 0.6) is 0 Å². The van der Waals surface area contributed by atoms with Crippen molar-refractivity contribution in [3.05, 3.63) is 146 Å². The van der Waals surface area contributed by atoms with E-state index in [9.17, 15) is 28.9 Å². The Labute approximate surface area is 329 Å². The summed E-state index contributed by atoms with van der Waals surface area (Å²) >= 11 is 6.21. The quantitative estimate of drug-likeness (QED) is 0.150. The first-order valence-electron chi connectivity index (χ1n) is 18.3. The van der Waals surface area contributed by atoms with Crippen molar-refractivity contribution in [2.75, 3.05) is 37.7 Å². The molecule has 7 rings (SSSR count). The van der Waals surface area contributed by atoms with Gasteiger partial charge < -0.3 is 19.1 Å². The maximum atomic E-state index is 15.0. The summed E-state index contributed by atoms with van der Waals surface area (Å²) in [4.78, 5) is 35.3. The molecule has 12 heteroatoms. The lowest BCUT2D eigenvalue weighted by atomic mass is 9.91. The molecule has 56 heavy (non-hydrogen) atoms. The third-order valence-corrected chi connectivity index (χ3v) is 11.1. The molecule has 9 nitrogen and oxygen atoms in total. The molecule has 0 radical (unpaired) electrons. The summed E-state index contributed by atoms with van der Waals surface area (Å²) < 4.78 is 36.5. The molecular formula is C44H39ClF2N6O3. The first-order valence-corrected chi connectivity index (χ1v) is 18.7. The fraction of sp³-hybridized carbons (Fsp3) is 0.273. The zero-order valence-corrected chi connectivity index (χ0v) is 31.8. The Balaban J connectivity index is 1.33. The number of alkyl halides is 2. The molecule has 1 saturated heterocycles. The number of anilines is 1. The number of hydrogen-bond acceptors (Lipinski definition) is 6. The van der Waals surface area contributed by atoms with Crippen LogP contribution in [-0.4, -0.2) is 65.1 Å². The Morgan fingerprint density at radius 3 is 2.29 bits per heavy atom. The number of ether oxygens (including phenoxy) is 1. The topological polar surface area (TPSA) is 106 Å². The smallest absolute Gasteiger partial charge is 0.265 e. The highest BCUT2D eigenvalue weighted by Crippen LogP contribution is 2.37. The molecule has 5 aromatic rings. The molecule has 0 spiro atoms. The number of hydrogen-bond donors (Lipinski definition) is 0.